The van der Waals surface area contributed by atoms with Crippen LogP contribution in [-0.2, 0) is 4.79 Å². The van der Waals surface area contributed by atoms with Gasteiger partial charge in [-0.05, 0) is 18.1 Å². The Hall–Kier alpha value is -1.77. The van der Waals surface area contributed by atoms with Gasteiger partial charge >= 0.3 is 0 Å². The van der Waals surface area contributed by atoms with Crippen molar-refractivity contribution in [1.82, 2.24) is 5.32 Å². The molecule has 1 aliphatic heterocycles. The van der Waals surface area contributed by atoms with Crippen molar-refractivity contribution < 1.29 is 9.53 Å². The summed E-state index contributed by atoms with van der Waals surface area (Å²) in [6.45, 7) is 0.697. The lowest BCUT2D eigenvalue weighted by Crippen LogP contribution is -2.26. The van der Waals surface area contributed by atoms with Crippen LogP contribution < -0.4 is 10.1 Å². The van der Waals surface area contributed by atoms with E-state index in [1.54, 1.807) is 13.2 Å². The first-order valence-corrected chi connectivity index (χ1v) is 4.93. The topological polar surface area (TPSA) is 38.3 Å². The van der Waals surface area contributed by atoms with Gasteiger partial charge in [0.1, 0.15) is 5.75 Å². The molecule has 1 amide bonds. The molecule has 0 aliphatic carbocycles. The van der Waals surface area contributed by atoms with E-state index >= 15 is 0 Å². The van der Waals surface area contributed by atoms with E-state index in [4.69, 9.17) is 4.74 Å². The first kappa shape index (κ1) is 9.77. The Morgan fingerprint density at radius 1 is 1.33 bits per heavy atom. The number of rotatable bonds is 2. The average Bonchev–Trinajstić information content (AvgIpc) is 2.29. The summed E-state index contributed by atoms with van der Waals surface area (Å²) in [5.41, 5.74) is 2.05. The third kappa shape index (κ3) is 2.01. The van der Waals surface area contributed by atoms with E-state index < -0.39 is 0 Å². The molecule has 0 bridgehead atoms. The maximum atomic E-state index is 11.2. The van der Waals surface area contributed by atoms with Crippen molar-refractivity contribution in [3.8, 4) is 5.75 Å². The SMILES string of the molecule is COc1ccccc1C1=CC(=O)NCC1. The van der Waals surface area contributed by atoms with E-state index in [1.165, 1.54) is 0 Å². The fraction of sp³-hybridized carbons (Fsp3) is 0.250. The zero-order valence-electron chi connectivity index (χ0n) is 8.62. The van der Waals surface area contributed by atoms with Crippen molar-refractivity contribution in [3.63, 3.8) is 0 Å². The molecule has 0 radical (unpaired) electrons. The lowest BCUT2D eigenvalue weighted by atomic mass is 9.99. The summed E-state index contributed by atoms with van der Waals surface area (Å²) in [4.78, 5) is 11.2. The Kier molecular flexibility index (Phi) is 2.72. The number of benzene rings is 1. The Morgan fingerprint density at radius 3 is 2.87 bits per heavy atom. The summed E-state index contributed by atoms with van der Waals surface area (Å²) in [5.74, 6) is 0.792. The second-order valence-corrected chi connectivity index (χ2v) is 3.41. The highest BCUT2D eigenvalue weighted by molar-refractivity contribution is 5.97. The molecule has 1 aromatic rings. The fourth-order valence-electron chi connectivity index (χ4n) is 1.72. The van der Waals surface area contributed by atoms with Crippen LogP contribution in [0.15, 0.2) is 30.3 Å². The predicted molar refractivity (Wildman–Crippen MR) is 58.6 cm³/mol. The molecule has 0 saturated carbocycles. The third-order valence-electron chi connectivity index (χ3n) is 2.45. The van der Waals surface area contributed by atoms with Crippen molar-refractivity contribution in [2.45, 2.75) is 6.42 Å². The monoisotopic (exact) mass is 203 g/mol. The van der Waals surface area contributed by atoms with E-state index in [-0.39, 0.29) is 5.91 Å². The van der Waals surface area contributed by atoms with Crippen LogP contribution in [0.3, 0.4) is 0 Å². The number of methoxy groups -OCH3 is 1. The predicted octanol–water partition coefficient (Wildman–Crippen LogP) is 1.60. The second kappa shape index (κ2) is 4.17. The first-order chi connectivity index (χ1) is 7.31. The van der Waals surface area contributed by atoms with Crippen molar-refractivity contribution in [1.29, 1.82) is 0 Å². The number of hydrogen-bond donors (Lipinski definition) is 1. The molecular weight excluding hydrogens is 190 g/mol. The molecule has 1 heterocycles. The molecule has 3 heteroatoms. The van der Waals surface area contributed by atoms with Crippen molar-refractivity contribution >= 4 is 11.5 Å². The van der Waals surface area contributed by atoms with Gasteiger partial charge in [-0.2, -0.15) is 0 Å². The van der Waals surface area contributed by atoms with Gasteiger partial charge in [-0.25, -0.2) is 0 Å². The molecule has 78 valence electrons. The quantitative estimate of drug-likeness (QED) is 0.792. The van der Waals surface area contributed by atoms with Crippen molar-refractivity contribution in [3.05, 3.63) is 35.9 Å². The number of nitrogens with one attached hydrogen (secondary N) is 1. The second-order valence-electron chi connectivity index (χ2n) is 3.41. The molecule has 15 heavy (non-hydrogen) atoms. The maximum Gasteiger partial charge on any atom is 0.244 e. The number of ether oxygens (including phenoxy) is 1. The molecule has 0 saturated heterocycles. The minimum absolute atomic E-state index is 0.0258. The summed E-state index contributed by atoms with van der Waals surface area (Å²) >= 11 is 0. The number of carbonyl (C=O) groups excluding carboxylic acids is 1. The van der Waals surface area contributed by atoms with Crippen LogP contribution in [0.1, 0.15) is 12.0 Å². The van der Waals surface area contributed by atoms with Gasteiger partial charge in [0.05, 0.1) is 7.11 Å². The Morgan fingerprint density at radius 2 is 2.13 bits per heavy atom. The van der Waals surface area contributed by atoms with E-state index in [0.29, 0.717) is 6.54 Å². The van der Waals surface area contributed by atoms with Crippen LogP contribution in [0.2, 0.25) is 0 Å². The smallest absolute Gasteiger partial charge is 0.244 e. The van der Waals surface area contributed by atoms with Crippen LogP contribution >= 0.6 is 0 Å². The molecule has 0 fully saturated rings. The summed E-state index contributed by atoms with van der Waals surface area (Å²) < 4.78 is 5.26. The average molecular weight is 203 g/mol. The molecule has 3 nitrogen and oxygen atoms in total. The lowest BCUT2D eigenvalue weighted by Gasteiger charge is -2.16. The largest absolute Gasteiger partial charge is 0.496 e. The van der Waals surface area contributed by atoms with Gasteiger partial charge in [0.15, 0.2) is 0 Å². The Labute approximate surface area is 88.8 Å². The molecule has 0 atom stereocenters. The van der Waals surface area contributed by atoms with Crippen LogP contribution in [0.4, 0.5) is 0 Å². The molecule has 1 N–H and O–H groups in total. The highest BCUT2D eigenvalue weighted by Gasteiger charge is 2.13. The van der Waals surface area contributed by atoms with Crippen LogP contribution in [0, 0.1) is 0 Å². The highest BCUT2D eigenvalue weighted by atomic mass is 16.5. The highest BCUT2D eigenvalue weighted by Crippen LogP contribution is 2.28. The summed E-state index contributed by atoms with van der Waals surface area (Å²) in [5, 5.41) is 2.76. The number of amides is 1. The third-order valence-corrected chi connectivity index (χ3v) is 2.45. The molecule has 1 aromatic carbocycles. The zero-order valence-corrected chi connectivity index (χ0v) is 8.62. The van der Waals surface area contributed by atoms with Crippen LogP contribution in [0.25, 0.3) is 5.57 Å². The Bertz CT molecular complexity index is 410. The maximum absolute atomic E-state index is 11.2. The van der Waals surface area contributed by atoms with E-state index in [1.807, 2.05) is 24.3 Å². The fourth-order valence-corrected chi connectivity index (χ4v) is 1.72. The molecular formula is C12H13NO2. The van der Waals surface area contributed by atoms with Crippen molar-refractivity contribution in [2.24, 2.45) is 0 Å². The summed E-state index contributed by atoms with van der Waals surface area (Å²) in [6, 6.07) is 7.75. The minimum atomic E-state index is -0.0258. The summed E-state index contributed by atoms with van der Waals surface area (Å²) in [7, 11) is 1.64. The van der Waals surface area contributed by atoms with Gasteiger partial charge in [0.2, 0.25) is 5.91 Å². The normalized spacial score (nSPS) is 15.5. The minimum Gasteiger partial charge on any atom is -0.496 e. The molecule has 2 rings (SSSR count). The zero-order chi connectivity index (χ0) is 10.7. The number of carbonyl (C=O) groups is 1. The number of hydrogen-bond acceptors (Lipinski definition) is 2. The molecule has 0 unspecified atom stereocenters. The van der Waals surface area contributed by atoms with Gasteiger partial charge < -0.3 is 10.1 Å². The molecule has 1 aliphatic rings. The van der Waals surface area contributed by atoms with E-state index in [2.05, 4.69) is 5.32 Å². The van der Waals surface area contributed by atoms with Crippen molar-refractivity contribution in [2.75, 3.05) is 13.7 Å². The van der Waals surface area contributed by atoms with Gasteiger partial charge in [-0.3, -0.25) is 4.79 Å². The van der Waals surface area contributed by atoms with Gasteiger partial charge in [-0.15, -0.1) is 0 Å². The van der Waals surface area contributed by atoms with Gasteiger partial charge in [0, 0.05) is 18.2 Å². The lowest BCUT2D eigenvalue weighted by molar-refractivity contribution is -0.116. The van der Waals surface area contributed by atoms with Gasteiger partial charge in [-0.1, -0.05) is 18.2 Å². The first-order valence-electron chi connectivity index (χ1n) is 4.93. The van der Waals surface area contributed by atoms with Gasteiger partial charge in [0.25, 0.3) is 0 Å². The standard InChI is InChI=1S/C12H13NO2/c1-15-11-5-3-2-4-10(11)9-6-7-13-12(14)8-9/h2-5,8H,6-7H2,1H3,(H,13,14). The van der Waals surface area contributed by atoms with Crippen LogP contribution in [0.5, 0.6) is 5.75 Å². The summed E-state index contributed by atoms with van der Waals surface area (Å²) in [6.07, 6.45) is 2.49. The van der Waals surface area contributed by atoms with E-state index in [0.717, 1.165) is 23.3 Å². The van der Waals surface area contributed by atoms with E-state index in [9.17, 15) is 4.79 Å². The number of para-hydroxylation sites is 1. The molecule has 0 aromatic heterocycles. The van der Waals surface area contributed by atoms with Crippen LogP contribution in [-0.4, -0.2) is 19.6 Å². The Balaban J connectivity index is 2.40. The molecule has 0 spiro atoms.